The summed E-state index contributed by atoms with van der Waals surface area (Å²) in [6.45, 7) is 12.7. The quantitative estimate of drug-likeness (QED) is 0.231. The lowest BCUT2D eigenvalue weighted by Crippen LogP contribution is -2.42. The molecule has 6 nitrogen and oxygen atoms in total. The van der Waals surface area contributed by atoms with Gasteiger partial charge < -0.3 is 20.3 Å². The van der Waals surface area contributed by atoms with Gasteiger partial charge in [0.25, 0.3) is 0 Å². The van der Waals surface area contributed by atoms with Crippen molar-refractivity contribution in [3.8, 4) is 0 Å². The van der Waals surface area contributed by atoms with Gasteiger partial charge in [-0.1, -0.05) is 26.2 Å². The van der Waals surface area contributed by atoms with E-state index in [1.165, 1.54) is 31.2 Å². The minimum absolute atomic E-state index is 0. The van der Waals surface area contributed by atoms with Crippen LogP contribution in [0.25, 0.3) is 0 Å². The molecule has 1 aromatic rings. The Morgan fingerprint density at radius 3 is 2.93 bits per heavy atom. The number of anilines is 1. The van der Waals surface area contributed by atoms with Crippen LogP contribution >= 0.6 is 24.0 Å². The average Bonchev–Trinajstić information content (AvgIpc) is 2.67. The third-order valence-corrected chi connectivity index (χ3v) is 4.76. The number of aliphatic imine (C=N–C) groups is 1. The summed E-state index contributed by atoms with van der Waals surface area (Å²) in [5.41, 5.74) is 1.18. The summed E-state index contributed by atoms with van der Waals surface area (Å²) in [7, 11) is 0. The second kappa shape index (κ2) is 14.0. The lowest BCUT2D eigenvalue weighted by atomic mass is 10.1. The van der Waals surface area contributed by atoms with Gasteiger partial charge in [0.15, 0.2) is 5.96 Å². The first kappa shape index (κ1) is 24.9. The smallest absolute Gasteiger partial charge is 0.191 e. The zero-order chi connectivity index (χ0) is 19.5. The van der Waals surface area contributed by atoms with Crippen LogP contribution in [0.1, 0.15) is 58.9 Å². The van der Waals surface area contributed by atoms with Crippen molar-refractivity contribution in [1.82, 2.24) is 15.6 Å². The number of hydrogen-bond donors (Lipinski definition) is 2. The van der Waals surface area contributed by atoms with E-state index in [1.54, 1.807) is 0 Å². The number of aromatic nitrogens is 1. The van der Waals surface area contributed by atoms with E-state index < -0.39 is 0 Å². The van der Waals surface area contributed by atoms with Gasteiger partial charge in [-0.2, -0.15) is 0 Å². The third-order valence-electron chi connectivity index (χ3n) is 4.76. The molecule has 0 aliphatic carbocycles. The number of guanidine groups is 1. The number of ether oxygens (including phenoxy) is 1. The van der Waals surface area contributed by atoms with Gasteiger partial charge in [0.1, 0.15) is 5.82 Å². The first-order chi connectivity index (χ1) is 13.1. The normalized spacial score (nSPS) is 18.4. The van der Waals surface area contributed by atoms with Crippen molar-refractivity contribution in [1.29, 1.82) is 0 Å². The zero-order valence-electron chi connectivity index (χ0n) is 17.9. The maximum absolute atomic E-state index is 5.63. The van der Waals surface area contributed by atoms with Crippen molar-refractivity contribution in [3.05, 3.63) is 23.9 Å². The highest BCUT2D eigenvalue weighted by atomic mass is 127. The maximum Gasteiger partial charge on any atom is 0.191 e. The molecule has 1 aromatic heterocycles. The van der Waals surface area contributed by atoms with Gasteiger partial charge in [-0.15, -0.1) is 24.0 Å². The van der Waals surface area contributed by atoms with Gasteiger partial charge in [0.2, 0.25) is 0 Å². The highest BCUT2D eigenvalue weighted by molar-refractivity contribution is 14.0. The van der Waals surface area contributed by atoms with Crippen LogP contribution < -0.4 is 15.5 Å². The van der Waals surface area contributed by atoms with E-state index in [1.807, 2.05) is 12.3 Å². The number of nitrogens with zero attached hydrogens (tertiary/aromatic N) is 3. The van der Waals surface area contributed by atoms with Gasteiger partial charge in [-0.3, -0.25) is 0 Å². The van der Waals surface area contributed by atoms with Crippen LogP contribution in [0, 0.1) is 0 Å². The van der Waals surface area contributed by atoms with Crippen LogP contribution in [0.5, 0.6) is 0 Å². The number of nitrogens with one attached hydrogen (secondary N) is 2. The van der Waals surface area contributed by atoms with Gasteiger partial charge >= 0.3 is 0 Å². The summed E-state index contributed by atoms with van der Waals surface area (Å²) in [5, 5.41) is 6.88. The van der Waals surface area contributed by atoms with Crippen LogP contribution in [0.15, 0.2) is 23.3 Å². The molecule has 0 aromatic carbocycles. The van der Waals surface area contributed by atoms with Crippen molar-refractivity contribution in [2.75, 3.05) is 31.1 Å². The van der Waals surface area contributed by atoms with Crippen molar-refractivity contribution < 1.29 is 4.74 Å². The summed E-state index contributed by atoms with van der Waals surface area (Å²) >= 11 is 0. The van der Waals surface area contributed by atoms with Crippen LogP contribution in [0.4, 0.5) is 5.82 Å². The molecule has 0 spiro atoms. The van der Waals surface area contributed by atoms with Gasteiger partial charge in [0.05, 0.1) is 19.3 Å². The van der Waals surface area contributed by atoms with E-state index in [4.69, 9.17) is 9.73 Å². The molecule has 1 fully saturated rings. The molecule has 0 saturated carbocycles. The second-order valence-electron chi connectivity index (χ2n) is 7.39. The minimum atomic E-state index is 0. The van der Waals surface area contributed by atoms with Crippen LogP contribution in [0.3, 0.4) is 0 Å². The standard InChI is InChI=1S/C21H37N5O.HI/c1-5-7-8-9-17(3)25-21(22-6-2)24-15-19-10-11-23-20(14-19)26-12-13-27-18(4)16-26;/h10-11,14,17-18H,5-9,12-13,15-16H2,1-4H3,(H2,22,24,25);1H. The molecule has 2 atom stereocenters. The molecule has 0 radical (unpaired) electrons. The minimum Gasteiger partial charge on any atom is -0.375 e. The van der Waals surface area contributed by atoms with Crippen LogP contribution in [0.2, 0.25) is 0 Å². The Hall–Kier alpha value is -1.09. The number of morpholine rings is 1. The Balaban J connectivity index is 0.00000392. The fourth-order valence-corrected chi connectivity index (χ4v) is 3.25. The Morgan fingerprint density at radius 1 is 1.39 bits per heavy atom. The van der Waals surface area contributed by atoms with E-state index in [2.05, 4.69) is 54.3 Å². The van der Waals surface area contributed by atoms with Gasteiger partial charge in [-0.25, -0.2) is 9.98 Å². The zero-order valence-corrected chi connectivity index (χ0v) is 20.2. The summed E-state index contributed by atoms with van der Waals surface area (Å²) in [4.78, 5) is 11.6. The molecule has 28 heavy (non-hydrogen) atoms. The molecule has 1 aliphatic heterocycles. The van der Waals surface area contributed by atoms with Crippen molar-refractivity contribution in [2.24, 2.45) is 4.99 Å². The Kier molecular flexibility index (Phi) is 12.5. The molecular weight excluding hydrogens is 465 g/mol. The van der Waals surface area contributed by atoms with Gasteiger partial charge in [0, 0.05) is 31.9 Å². The predicted molar refractivity (Wildman–Crippen MR) is 129 cm³/mol. The predicted octanol–water partition coefficient (Wildman–Crippen LogP) is 3.95. The number of pyridine rings is 1. The Bertz CT molecular complexity index is 584. The van der Waals surface area contributed by atoms with Crippen molar-refractivity contribution in [3.63, 3.8) is 0 Å². The largest absolute Gasteiger partial charge is 0.375 e. The van der Waals surface area contributed by atoms with E-state index >= 15 is 0 Å². The first-order valence-electron chi connectivity index (χ1n) is 10.5. The second-order valence-corrected chi connectivity index (χ2v) is 7.39. The molecule has 2 rings (SSSR count). The molecule has 2 N–H and O–H groups in total. The number of halogens is 1. The topological polar surface area (TPSA) is 61.8 Å². The third kappa shape index (κ3) is 8.94. The molecule has 0 amide bonds. The summed E-state index contributed by atoms with van der Waals surface area (Å²) in [6, 6.07) is 4.62. The molecule has 2 unspecified atom stereocenters. The highest BCUT2D eigenvalue weighted by Gasteiger charge is 2.18. The summed E-state index contributed by atoms with van der Waals surface area (Å²) < 4.78 is 5.63. The van der Waals surface area contributed by atoms with Gasteiger partial charge in [-0.05, 0) is 44.9 Å². The molecule has 160 valence electrons. The van der Waals surface area contributed by atoms with E-state index in [9.17, 15) is 0 Å². The fourth-order valence-electron chi connectivity index (χ4n) is 3.25. The maximum atomic E-state index is 5.63. The highest BCUT2D eigenvalue weighted by Crippen LogP contribution is 2.17. The SMILES string of the molecule is CCCCCC(C)NC(=NCc1ccnc(N2CCOC(C)C2)c1)NCC.I. The average molecular weight is 503 g/mol. The first-order valence-corrected chi connectivity index (χ1v) is 10.5. The molecule has 0 bridgehead atoms. The lowest BCUT2D eigenvalue weighted by Gasteiger charge is -2.32. The number of hydrogen-bond acceptors (Lipinski definition) is 4. The molecule has 2 heterocycles. The fraction of sp³-hybridized carbons (Fsp3) is 0.714. The number of rotatable bonds is 9. The van der Waals surface area contributed by atoms with E-state index in [0.717, 1.165) is 38.0 Å². The van der Waals surface area contributed by atoms with Crippen LogP contribution in [-0.4, -0.2) is 49.3 Å². The van der Waals surface area contributed by atoms with Crippen LogP contribution in [-0.2, 0) is 11.3 Å². The number of unbranched alkanes of at least 4 members (excludes halogenated alkanes) is 2. The van der Waals surface area contributed by atoms with Crippen molar-refractivity contribution in [2.45, 2.75) is 72.1 Å². The monoisotopic (exact) mass is 503 g/mol. The Labute approximate surface area is 187 Å². The summed E-state index contributed by atoms with van der Waals surface area (Å²) in [6.07, 6.45) is 7.12. The molecule has 1 saturated heterocycles. The van der Waals surface area contributed by atoms with E-state index in [-0.39, 0.29) is 30.1 Å². The molecule has 7 heteroatoms. The molecular formula is C21H38IN5O. The van der Waals surface area contributed by atoms with Crippen molar-refractivity contribution >= 4 is 35.8 Å². The Morgan fingerprint density at radius 2 is 2.21 bits per heavy atom. The van der Waals surface area contributed by atoms with E-state index in [0.29, 0.717) is 12.6 Å². The summed E-state index contributed by atoms with van der Waals surface area (Å²) in [5.74, 6) is 1.91. The lowest BCUT2D eigenvalue weighted by molar-refractivity contribution is 0.0529. The molecule has 1 aliphatic rings.